The molecule has 0 spiro atoms. The Balaban J connectivity index is 0.000000281. The summed E-state index contributed by atoms with van der Waals surface area (Å²) in [6.45, 7) is 5.17. The Morgan fingerprint density at radius 3 is 2.69 bits per heavy atom. The lowest BCUT2D eigenvalue weighted by Gasteiger charge is -1.94. The molecule has 0 aliphatic carbocycles. The number of cyclic esters (lactones) is 1. The smallest absolute Gasteiger partial charge is 0.348 e. The topological polar surface area (TPSA) is 76.1 Å². The maximum Gasteiger partial charge on any atom is 0.348 e. The number of carbonyl (C=O) groups excluding carboxylic acids is 2. The Labute approximate surface area is 95.0 Å². The molecule has 16 heavy (non-hydrogen) atoms. The summed E-state index contributed by atoms with van der Waals surface area (Å²) in [6.07, 6.45) is 4.21. The first-order valence-electron chi connectivity index (χ1n) is 5.26. The molecule has 0 aromatic rings. The summed E-state index contributed by atoms with van der Waals surface area (Å²) in [7, 11) is 0. The molecule has 1 fully saturated rings. The molecule has 1 aliphatic rings. The summed E-state index contributed by atoms with van der Waals surface area (Å²) in [5.74, 6) is -0.516. The van der Waals surface area contributed by atoms with Crippen LogP contribution in [0.15, 0.2) is 12.7 Å². The number of ether oxygens (including phenoxy) is 2. The highest BCUT2D eigenvalue weighted by atomic mass is 16.6. The van der Waals surface area contributed by atoms with Crippen molar-refractivity contribution in [3.05, 3.63) is 12.7 Å². The molecule has 1 saturated heterocycles. The van der Waals surface area contributed by atoms with Gasteiger partial charge in [-0.05, 0) is 12.8 Å². The van der Waals surface area contributed by atoms with Gasteiger partial charge in [-0.25, -0.2) is 9.59 Å². The molecular weight excluding hydrogens is 212 g/mol. The van der Waals surface area contributed by atoms with E-state index in [9.17, 15) is 9.59 Å². The summed E-state index contributed by atoms with van der Waals surface area (Å²) in [4.78, 5) is 20.3. The van der Waals surface area contributed by atoms with Gasteiger partial charge in [0.15, 0.2) is 6.10 Å². The molecule has 0 amide bonds. The first-order chi connectivity index (χ1) is 7.65. The summed E-state index contributed by atoms with van der Waals surface area (Å²) in [5, 5.41) is 8.10. The van der Waals surface area contributed by atoms with Crippen LogP contribution in [0.2, 0.25) is 0 Å². The van der Waals surface area contributed by atoms with Crippen LogP contribution in [0.4, 0.5) is 0 Å². The lowest BCUT2D eigenvalue weighted by molar-refractivity contribution is -0.138. The van der Waals surface area contributed by atoms with Crippen LogP contribution in [-0.2, 0) is 19.1 Å². The second kappa shape index (κ2) is 8.91. The standard InChI is InChI=1S/C6H10O2.C5H8O3/c1-2-3-4-5-6(7)8-5;1-2-5(7)8-4-3-6/h5H,2-4H2,1H3;2,6H,1,3-4H2. The average Bonchev–Trinajstić information content (AvgIpc) is 3.00. The Morgan fingerprint density at radius 2 is 2.31 bits per heavy atom. The van der Waals surface area contributed by atoms with Crippen molar-refractivity contribution in [2.45, 2.75) is 32.3 Å². The minimum atomic E-state index is -0.501. The molecule has 92 valence electrons. The number of unbranched alkanes of at least 4 members (excludes halogenated alkanes) is 1. The van der Waals surface area contributed by atoms with Crippen molar-refractivity contribution < 1.29 is 24.2 Å². The van der Waals surface area contributed by atoms with Crippen LogP contribution < -0.4 is 0 Å². The van der Waals surface area contributed by atoms with Crippen molar-refractivity contribution in [2.75, 3.05) is 13.2 Å². The maximum absolute atomic E-state index is 10.2. The van der Waals surface area contributed by atoms with E-state index in [1.165, 1.54) is 0 Å². The van der Waals surface area contributed by atoms with Crippen LogP contribution in [-0.4, -0.2) is 36.4 Å². The number of rotatable bonds is 6. The Kier molecular flexibility index (Phi) is 8.15. The molecular formula is C11H18O5. The SMILES string of the molecule is C=CC(=O)OCCO.CCCCC1OC1=O. The number of esters is 1. The van der Waals surface area contributed by atoms with Gasteiger partial charge in [0.25, 0.3) is 0 Å². The van der Waals surface area contributed by atoms with Gasteiger partial charge in [0.2, 0.25) is 0 Å². The van der Waals surface area contributed by atoms with Gasteiger partial charge in [-0.2, -0.15) is 0 Å². The van der Waals surface area contributed by atoms with Crippen molar-refractivity contribution in [1.29, 1.82) is 0 Å². The van der Waals surface area contributed by atoms with Gasteiger partial charge < -0.3 is 14.6 Å². The van der Waals surface area contributed by atoms with Gasteiger partial charge in [-0.15, -0.1) is 0 Å². The van der Waals surface area contributed by atoms with Gasteiger partial charge >= 0.3 is 11.9 Å². The highest BCUT2D eigenvalue weighted by Crippen LogP contribution is 2.18. The summed E-state index contributed by atoms with van der Waals surface area (Å²) >= 11 is 0. The minimum Gasteiger partial charge on any atom is -0.460 e. The third-order valence-electron chi connectivity index (χ3n) is 1.79. The predicted octanol–water partition coefficient (Wildman–Crippen LogP) is 0.810. The van der Waals surface area contributed by atoms with Gasteiger partial charge in [-0.1, -0.05) is 19.9 Å². The van der Waals surface area contributed by atoms with E-state index in [0.717, 1.165) is 25.3 Å². The molecule has 1 aliphatic heterocycles. The zero-order valence-corrected chi connectivity index (χ0v) is 9.48. The largest absolute Gasteiger partial charge is 0.460 e. The molecule has 1 N–H and O–H groups in total. The zero-order chi connectivity index (χ0) is 12.4. The third-order valence-corrected chi connectivity index (χ3v) is 1.79. The molecule has 0 aromatic carbocycles. The third kappa shape index (κ3) is 7.99. The number of carbonyl (C=O) groups is 2. The summed E-state index contributed by atoms with van der Waals surface area (Å²) in [6, 6.07) is 0. The van der Waals surface area contributed by atoms with E-state index in [1.54, 1.807) is 0 Å². The number of epoxide rings is 1. The highest BCUT2D eigenvalue weighted by Gasteiger charge is 2.36. The van der Waals surface area contributed by atoms with Gasteiger partial charge in [0, 0.05) is 6.08 Å². The Bertz CT molecular complexity index is 237. The second-order valence-corrected chi connectivity index (χ2v) is 3.16. The van der Waals surface area contributed by atoms with Crippen LogP contribution in [0, 0.1) is 0 Å². The number of aliphatic hydroxyl groups is 1. The highest BCUT2D eigenvalue weighted by molar-refractivity contribution is 5.87. The number of hydrogen-bond acceptors (Lipinski definition) is 5. The van der Waals surface area contributed by atoms with E-state index in [1.807, 2.05) is 0 Å². The van der Waals surface area contributed by atoms with Crippen LogP contribution >= 0.6 is 0 Å². The first-order valence-corrected chi connectivity index (χ1v) is 5.26. The van der Waals surface area contributed by atoms with E-state index >= 15 is 0 Å². The van der Waals surface area contributed by atoms with Crippen molar-refractivity contribution in [2.24, 2.45) is 0 Å². The predicted molar refractivity (Wildman–Crippen MR) is 57.6 cm³/mol. The quantitative estimate of drug-likeness (QED) is 0.415. The van der Waals surface area contributed by atoms with E-state index in [0.29, 0.717) is 0 Å². The van der Waals surface area contributed by atoms with Crippen LogP contribution in [0.5, 0.6) is 0 Å². The molecule has 5 nitrogen and oxygen atoms in total. The molecule has 1 atom stereocenters. The maximum atomic E-state index is 10.2. The minimum absolute atomic E-state index is 0.0153. The van der Waals surface area contributed by atoms with Crippen LogP contribution in [0.25, 0.3) is 0 Å². The molecule has 5 heteroatoms. The number of hydrogen-bond donors (Lipinski definition) is 1. The summed E-state index contributed by atoms with van der Waals surface area (Å²) < 4.78 is 8.91. The van der Waals surface area contributed by atoms with Crippen molar-refractivity contribution in [3.63, 3.8) is 0 Å². The average molecular weight is 230 g/mol. The van der Waals surface area contributed by atoms with Gasteiger partial charge in [0.1, 0.15) is 6.61 Å². The fourth-order valence-corrected chi connectivity index (χ4v) is 0.878. The van der Waals surface area contributed by atoms with Crippen molar-refractivity contribution in [1.82, 2.24) is 0 Å². The van der Waals surface area contributed by atoms with Gasteiger partial charge in [-0.3, -0.25) is 0 Å². The van der Waals surface area contributed by atoms with Crippen LogP contribution in [0.1, 0.15) is 26.2 Å². The molecule has 0 aromatic heterocycles. The molecule has 0 saturated carbocycles. The second-order valence-electron chi connectivity index (χ2n) is 3.16. The molecule has 1 rings (SSSR count). The van der Waals surface area contributed by atoms with Crippen LogP contribution in [0.3, 0.4) is 0 Å². The normalized spacial score (nSPS) is 16.6. The van der Waals surface area contributed by atoms with E-state index in [4.69, 9.17) is 5.11 Å². The molecule has 1 heterocycles. The fraction of sp³-hybridized carbons (Fsp3) is 0.636. The van der Waals surface area contributed by atoms with Gasteiger partial charge in [0.05, 0.1) is 6.61 Å². The molecule has 0 bridgehead atoms. The van der Waals surface area contributed by atoms with E-state index in [2.05, 4.69) is 23.0 Å². The van der Waals surface area contributed by atoms with Crippen molar-refractivity contribution in [3.8, 4) is 0 Å². The summed E-state index contributed by atoms with van der Waals surface area (Å²) in [5.41, 5.74) is 0. The van der Waals surface area contributed by atoms with E-state index in [-0.39, 0.29) is 25.3 Å². The van der Waals surface area contributed by atoms with Crippen molar-refractivity contribution >= 4 is 11.9 Å². The Morgan fingerprint density at radius 1 is 1.69 bits per heavy atom. The Hall–Kier alpha value is -1.36. The lowest BCUT2D eigenvalue weighted by Crippen LogP contribution is -2.04. The number of aliphatic hydroxyl groups excluding tert-OH is 1. The molecule has 1 unspecified atom stereocenters. The molecule has 0 radical (unpaired) electrons. The zero-order valence-electron chi connectivity index (χ0n) is 9.48. The lowest BCUT2D eigenvalue weighted by atomic mass is 10.2. The van der Waals surface area contributed by atoms with E-state index < -0.39 is 5.97 Å². The monoisotopic (exact) mass is 230 g/mol. The fourth-order valence-electron chi connectivity index (χ4n) is 0.878. The first kappa shape index (κ1) is 14.6.